The Labute approximate surface area is 154 Å². The standard InChI is InChI=1S/C20H28FNO4/c1-4-20(10-8-17(23)9-11-20)19(25)26-14(2)18(24)22(3)13-15-6-5-7-16(21)12-15/h5-7,12,14,17,23H,4,8-11,13H2,1-3H3/t14-,17?,20?/m1/s1. The Kier molecular flexibility index (Phi) is 6.75. The molecule has 0 aromatic heterocycles. The van der Waals surface area contributed by atoms with Crippen molar-refractivity contribution < 1.29 is 23.8 Å². The number of likely N-dealkylation sites (N-methyl/N-ethyl adjacent to an activating group) is 1. The third-order valence-corrected chi connectivity index (χ3v) is 5.34. The molecule has 0 aliphatic heterocycles. The van der Waals surface area contributed by atoms with E-state index in [2.05, 4.69) is 0 Å². The van der Waals surface area contributed by atoms with Gasteiger partial charge in [0.05, 0.1) is 11.5 Å². The molecule has 1 N–H and O–H groups in total. The molecule has 1 aromatic carbocycles. The molecule has 0 radical (unpaired) electrons. The van der Waals surface area contributed by atoms with E-state index in [1.807, 2.05) is 6.92 Å². The van der Waals surface area contributed by atoms with Crippen molar-refractivity contribution in [2.24, 2.45) is 5.41 Å². The van der Waals surface area contributed by atoms with Crippen LogP contribution in [0.5, 0.6) is 0 Å². The molecule has 0 spiro atoms. The van der Waals surface area contributed by atoms with Gasteiger partial charge in [-0.25, -0.2) is 4.39 Å². The lowest BCUT2D eigenvalue weighted by molar-refractivity contribution is -0.170. The van der Waals surface area contributed by atoms with Gasteiger partial charge in [0.15, 0.2) is 6.10 Å². The number of rotatable bonds is 6. The van der Waals surface area contributed by atoms with E-state index in [4.69, 9.17) is 4.74 Å². The molecule has 1 amide bonds. The predicted octanol–water partition coefficient (Wildman–Crippen LogP) is 3.05. The summed E-state index contributed by atoms with van der Waals surface area (Å²) in [7, 11) is 1.60. The number of benzene rings is 1. The van der Waals surface area contributed by atoms with E-state index in [1.165, 1.54) is 17.0 Å². The summed E-state index contributed by atoms with van der Waals surface area (Å²) in [6, 6.07) is 6.05. The van der Waals surface area contributed by atoms with E-state index in [0.717, 1.165) is 0 Å². The van der Waals surface area contributed by atoms with Gasteiger partial charge in [-0.1, -0.05) is 19.1 Å². The van der Waals surface area contributed by atoms with Gasteiger partial charge in [0.1, 0.15) is 5.82 Å². The third kappa shape index (κ3) is 4.81. The van der Waals surface area contributed by atoms with Gasteiger partial charge in [0, 0.05) is 13.6 Å². The lowest BCUT2D eigenvalue weighted by atomic mass is 9.71. The summed E-state index contributed by atoms with van der Waals surface area (Å²) in [5.74, 6) is -1.05. The van der Waals surface area contributed by atoms with Gasteiger partial charge in [-0.15, -0.1) is 0 Å². The van der Waals surface area contributed by atoms with Crippen LogP contribution in [0, 0.1) is 11.2 Å². The molecular weight excluding hydrogens is 337 g/mol. The molecule has 26 heavy (non-hydrogen) atoms. The largest absolute Gasteiger partial charge is 0.452 e. The van der Waals surface area contributed by atoms with E-state index in [-0.39, 0.29) is 30.3 Å². The summed E-state index contributed by atoms with van der Waals surface area (Å²) in [4.78, 5) is 26.6. The zero-order valence-corrected chi connectivity index (χ0v) is 15.7. The molecule has 0 saturated heterocycles. The predicted molar refractivity (Wildman–Crippen MR) is 95.6 cm³/mol. The van der Waals surface area contributed by atoms with Crippen molar-refractivity contribution >= 4 is 11.9 Å². The highest BCUT2D eigenvalue weighted by atomic mass is 19.1. The quantitative estimate of drug-likeness (QED) is 0.787. The Morgan fingerprint density at radius 3 is 2.62 bits per heavy atom. The molecule has 5 nitrogen and oxygen atoms in total. The highest BCUT2D eigenvalue weighted by Crippen LogP contribution is 2.40. The number of aliphatic hydroxyl groups is 1. The zero-order valence-electron chi connectivity index (χ0n) is 15.7. The fraction of sp³-hybridized carbons (Fsp3) is 0.600. The monoisotopic (exact) mass is 365 g/mol. The fourth-order valence-corrected chi connectivity index (χ4v) is 3.49. The Morgan fingerprint density at radius 2 is 2.04 bits per heavy atom. The number of carbonyl (C=O) groups is 2. The first kappa shape index (κ1) is 20.4. The Morgan fingerprint density at radius 1 is 1.38 bits per heavy atom. The summed E-state index contributed by atoms with van der Waals surface area (Å²) in [6.07, 6.45) is 1.65. The number of amides is 1. The highest BCUT2D eigenvalue weighted by Gasteiger charge is 2.42. The summed E-state index contributed by atoms with van der Waals surface area (Å²) >= 11 is 0. The van der Waals surface area contributed by atoms with Gasteiger partial charge in [-0.2, -0.15) is 0 Å². The van der Waals surface area contributed by atoms with Gasteiger partial charge in [0.25, 0.3) is 5.91 Å². The molecule has 1 aromatic rings. The molecule has 1 aliphatic rings. The normalized spacial score (nSPS) is 24.0. The Balaban J connectivity index is 1.95. The van der Waals surface area contributed by atoms with Crippen LogP contribution in [0.25, 0.3) is 0 Å². The van der Waals surface area contributed by atoms with Crippen LogP contribution >= 0.6 is 0 Å². The average Bonchev–Trinajstić information content (AvgIpc) is 2.61. The second kappa shape index (κ2) is 8.62. The van der Waals surface area contributed by atoms with Crippen LogP contribution in [0.15, 0.2) is 24.3 Å². The van der Waals surface area contributed by atoms with Crippen molar-refractivity contribution in [1.82, 2.24) is 4.90 Å². The number of hydrogen-bond acceptors (Lipinski definition) is 4. The van der Waals surface area contributed by atoms with Crippen LogP contribution in [0.3, 0.4) is 0 Å². The van der Waals surface area contributed by atoms with Crippen LogP contribution in [0.4, 0.5) is 4.39 Å². The van der Waals surface area contributed by atoms with Gasteiger partial charge in [0.2, 0.25) is 0 Å². The average molecular weight is 365 g/mol. The number of ether oxygens (including phenoxy) is 1. The smallest absolute Gasteiger partial charge is 0.312 e. The highest BCUT2D eigenvalue weighted by molar-refractivity contribution is 5.85. The van der Waals surface area contributed by atoms with E-state index in [9.17, 15) is 19.1 Å². The second-order valence-electron chi connectivity index (χ2n) is 7.24. The minimum atomic E-state index is -0.906. The van der Waals surface area contributed by atoms with E-state index < -0.39 is 11.5 Å². The fourth-order valence-electron chi connectivity index (χ4n) is 3.49. The van der Waals surface area contributed by atoms with Crippen LogP contribution < -0.4 is 0 Å². The molecule has 6 heteroatoms. The van der Waals surface area contributed by atoms with Crippen LogP contribution in [-0.4, -0.2) is 41.1 Å². The first-order valence-electron chi connectivity index (χ1n) is 9.16. The van der Waals surface area contributed by atoms with Crippen LogP contribution in [-0.2, 0) is 20.9 Å². The maximum Gasteiger partial charge on any atom is 0.312 e. The number of hydrogen-bond donors (Lipinski definition) is 1. The van der Waals surface area contributed by atoms with Gasteiger partial charge in [-0.05, 0) is 56.7 Å². The van der Waals surface area contributed by atoms with Crippen molar-refractivity contribution in [1.29, 1.82) is 0 Å². The maximum absolute atomic E-state index is 13.3. The van der Waals surface area contributed by atoms with Crippen LogP contribution in [0.2, 0.25) is 0 Å². The molecule has 144 valence electrons. The molecule has 1 aliphatic carbocycles. The summed E-state index contributed by atoms with van der Waals surface area (Å²) in [5.41, 5.74) is 0.0557. The summed E-state index contributed by atoms with van der Waals surface area (Å²) in [5, 5.41) is 9.68. The minimum absolute atomic E-state index is 0.240. The van der Waals surface area contributed by atoms with Gasteiger partial charge >= 0.3 is 5.97 Å². The van der Waals surface area contributed by atoms with Gasteiger partial charge in [-0.3, -0.25) is 9.59 Å². The molecule has 1 saturated carbocycles. The molecule has 1 atom stereocenters. The summed E-state index contributed by atoms with van der Waals surface area (Å²) < 4.78 is 18.8. The number of nitrogens with zero attached hydrogens (tertiary/aromatic N) is 1. The van der Waals surface area contributed by atoms with Crippen LogP contribution in [0.1, 0.15) is 51.5 Å². The number of carbonyl (C=O) groups excluding carboxylic acids is 2. The van der Waals surface area contributed by atoms with Crippen molar-refractivity contribution in [3.8, 4) is 0 Å². The number of halogens is 1. The molecule has 0 heterocycles. The molecule has 0 unspecified atom stereocenters. The lowest BCUT2D eigenvalue weighted by Crippen LogP contribution is -2.43. The number of esters is 1. The first-order chi connectivity index (χ1) is 12.3. The van der Waals surface area contributed by atoms with Crippen molar-refractivity contribution in [2.75, 3.05) is 7.05 Å². The lowest BCUT2D eigenvalue weighted by Gasteiger charge is -2.36. The molecule has 2 rings (SSSR count). The van der Waals surface area contributed by atoms with E-state index in [1.54, 1.807) is 26.1 Å². The Bertz CT molecular complexity index is 640. The Hall–Kier alpha value is -1.95. The SMILES string of the molecule is CCC1(C(=O)O[C@H](C)C(=O)N(C)Cc2cccc(F)c2)CCC(O)CC1. The first-order valence-corrected chi connectivity index (χ1v) is 9.16. The van der Waals surface area contributed by atoms with E-state index in [0.29, 0.717) is 37.7 Å². The van der Waals surface area contributed by atoms with Crippen molar-refractivity contribution in [3.63, 3.8) is 0 Å². The van der Waals surface area contributed by atoms with Crippen molar-refractivity contribution in [2.45, 2.75) is 64.7 Å². The molecule has 0 bridgehead atoms. The third-order valence-electron chi connectivity index (χ3n) is 5.34. The topological polar surface area (TPSA) is 66.8 Å². The number of aliphatic hydroxyl groups excluding tert-OH is 1. The molecular formula is C20H28FNO4. The minimum Gasteiger partial charge on any atom is -0.452 e. The molecule has 1 fully saturated rings. The maximum atomic E-state index is 13.3. The van der Waals surface area contributed by atoms with E-state index >= 15 is 0 Å². The van der Waals surface area contributed by atoms with Crippen molar-refractivity contribution in [3.05, 3.63) is 35.6 Å². The second-order valence-corrected chi connectivity index (χ2v) is 7.24. The zero-order chi connectivity index (χ0) is 19.3. The summed E-state index contributed by atoms with van der Waals surface area (Å²) in [6.45, 7) is 3.73. The van der Waals surface area contributed by atoms with Gasteiger partial charge < -0.3 is 14.7 Å².